The molecule has 7 nitrogen and oxygen atoms in total. The van der Waals surface area contributed by atoms with Crippen LogP contribution in [0.1, 0.15) is 12.8 Å². The number of anilines is 3. The van der Waals surface area contributed by atoms with E-state index in [0.29, 0.717) is 5.69 Å². The highest BCUT2D eigenvalue weighted by atomic mass is 16.2. The van der Waals surface area contributed by atoms with Crippen LogP contribution in [0.25, 0.3) is 11.0 Å². The fourth-order valence-corrected chi connectivity index (χ4v) is 3.66. The van der Waals surface area contributed by atoms with Crippen molar-refractivity contribution in [3.05, 3.63) is 52.9 Å². The molecule has 2 heterocycles. The van der Waals surface area contributed by atoms with Gasteiger partial charge in [0.2, 0.25) is 0 Å². The number of aryl methyl sites for hydroxylation is 2. The molecule has 4 rings (SSSR count). The quantitative estimate of drug-likeness (QED) is 0.749. The van der Waals surface area contributed by atoms with Crippen molar-refractivity contribution in [2.24, 2.45) is 14.1 Å². The predicted molar refractivity (Wildman–Crippen MR) is 109 cm³/mol. The Morgan fingerprint density at radius 3 is 2.22 bits per heavy atom. The van der Waals surface area contributed by atoms with Crippen LogP contribution in [0.2, 0.25) is 0 Å². The minimum atomic E-state index is -0.304. The number of urea groups is 1. The number of carbonyl (C=O) groups excluding carboxylic acids is 1. The molecule has 7 heteroatoms. The first-order chi connectivity index (χ1) is 13.0. The summed E-state index contributed by atoms with van der Waals surface area (Å²) >= 11 is 0. The number of carbonyl (C=O) groups is 1. The second-order valence-electron chi connectivity index (χ2n) is 6.90. The molecule has 3 aromatic rings. The second kappa shape index (κ2) is 6.83. The Labute approximate surface area is 157 Å². The molecule has 2 aromatic carbocycles. The molecule has 1 fully saturated rings. The summed E-state index contributed by atoms with van der Waals surface area (Å²) in [6.07, 6.45) is 2.25. The van der Waals surface area contributed by atoms with Crippen molar-refractivity contribution in [2.75, 3.05) is 28.6 Å². The van der Waals surface area contributed by atoms with Gasteiger partial charge in [0.05, 0.1) is 22.4 Å². The van der Waals surface area contributed by atoms with E-state index >= 15 is 0 Å². The lowest BCUT2D eigenvalue weighted by Crippen LogP contribution is -2.24. The Morgan fingerprint density at radius 1 is 0.926 bits per heavy atom. The van der Waals surface area contributed by atoms with Crippen molar-refractivity contribution in [3.63, 3.8) is 0 Å². The van der Waals surface area contributed by atoms with Gasteiger partial charge in [0, 0.05) is 32.9 Å². The topological polar surface area (TPSA) is 71.3 Å². The molecule has 140 valence electrons. The van der Waals surface area contributed by atoms with E-state index in [-0.39, 0.29) is 11.7 Å². The molecule has 1 saturated heterocycles. The smallest absolute Gasteiger partial charge is 0.328 e. The number of amides is 2. The van der Waals surface area contributed by atoms with Gasteiger partial charge in [-0.05, 0) is 37.1 Å². The maximum atomic E-state index is 12.5. The van der Waals surface area contributed by atoms with Gasteiger partial charge >= 0.3 is 11.7 Å². The van der Waals surface area contributed by atoms with Crippen LogP contribution in [0.15, 0.2) is 47.3 Å². The molecule has 2 N–H and O–H groups in total. The number of rotatable bonds is 3. The lowest BCUT2D eigenvalue weighted by Gasteiger charge is -2.22. The van der Waals surface area contributed by atoms with E-state index in [0.717, 1.165) is 48.3 Å². The zero-order valence-corrected chi connectivity index (χ0v) is 15.5. The van der Waals surface area contributed by atoms with E-state index in [2.05, 4.69) is 15.5 Å². The predicted octanol–water partition coefficient (Wildman–Crippen LogP) is 3.12. The monoisotopic (exact) mass is 365 g/mol. The number of nitrogens with zero attached hydrogens (tertiary/aromatic N) is 3. The number of imidazole rings is 1. The van der Waals surface area contributed by atoms with Crippen LogP contribution in [0.3, 0.4) is 0 Å². The van der Waals surface area contributed by atoms with Crippen LogP contribution in [0.5, 0.6) is 0 Å². The number of para-hydroxylation sites is 1. The Bertz CT molecular complexity index is 1050. The van der Waals surface area contributed by atoms with Crippen LogP contribution in [-0.4, -0.2) is 28.3 Å². The highest BCUT2D eigenvalue weighted by Crippen LogP contribution is 2.33. The molecule has 2 amide bonds. The average molecular weight is 365 g/mol. The summed E-state index contributed by atoms with van der Waals surface area (Å²) in [5.41, 5.74) is 3.96. The van der Waals surface area contributed by atoms with Crippen LogP contribution in [-0.2, 0) is 14.1 Å². The zero-order valence-electron chi connectivity index (χ0n) is 15.5. The zero-order chi connectivity index (χ0) is 19.0. The molecular formula is C20H23N5O2. The second-order valence-corrected chi connectivity index (χ2v) is 6.90. The highest BCUT2D eigenvalue weighted by Gasteiger charge is 2.20. The Kier molecular flexibility index (Phi) is 4.35. The number of aromatic nitrogens is 2. The summed E-state index contributed by atoms with van der Waals surface area (Å²) in [4.78, 5) is 27.1. The minimum absolute atomic E-state index is 0.0803. The Balaban J connectivity index is 1.73. The number of fused-ring (bicyclic) bond motifs is 1. The van der Waals surface area contributed by atoms with Crippen molar-refractivity contribution >= 4 is 34.1 Å². The van der Waals surface area contributed by atoms with Crippen LogP contribution in [0.4, 0.5) is 21.9 Å². The molecule has 0 radical (unpaired) electrons. The molecule has 27 heavy (non-hydrogen) atoms. The summed E-state index contributed by atoms with van der Waals surface area (Å²) in [5.74, 6) is 0. The first kappa shape index (κ1) is 17.2. The van der Waals surface area contributed by atoms with E-state index in [1.807, 2.05) is 42.5 Å². The normalized spacial score (nSPS) is 13.9. The van der Waals surface area contributed by atoms with Gasteiger partial charge in [-0.1, -0.05) is 18.2 Å². The maximum Gasteiger partial charge on any atom is 0.328 e. The number of benzene rings is 2. The molecule has 1 aliphatic rings. The number of nitrogens with one attached hydrogen (secondary N) is 2. The summed E-state index contributed by atoms with van der Waals surface area (Å²) < 4.78 is 3.24. The summed E-state index contributed by atoms with van der Waals surface area (Å²) in [6, 6.07) is 12.9. The van der Waals surface area contributed by atoms with Crippen molar-refractivity contribution in [3.8, 4) is 0 Å². The Hall–Kier alpha value is -3.22. The van der Waals surface area contributed by atoms with E-state index in [1.165, 1.54) is 0 Å². The lowest BCUT2D eigenvalue weighted by molar-refractivity contribution is 0.262. The van der Waals surface area contributed by atoms with Crippen molar-refractivity contribution in [1.29, 1.82) is 0 Å². The molecular weight excluding hydrogens is 342 g/mol. The van der Waals surface area contributed by atoms with Crippen molar-refractivity contribution in [1.82, 2.24) is 9.13 Å². The SMILES string of the molecule is Cn1c(=O)n(C)c2cc(N3CCCC3)c(NC(=O)Nc3ccccc3)cc21. The third-order valence-corrected chi connectivity index (χ3v) is 5.12. The molecule has 1 aromatic heterocycles. The first-order valence-electron chi connectivity index (χ1n) is 9.12. The molecule has 0 unspecified atom stereocenters. The van der Waals surface area contributed by atoms with Crippen LogP contribution < -0.4 is 21.2 Å². The van der Waals surface area contributed by atoms with Gasteiger partial charge in [-0.15, -0.1) is 0 Å². The van der Waals surface area contributed by atoms with Gasteiger partial charge < -0.3 is 15.5 Å². The molecule has 0 atom stereocenters. The van der Waals surface area contributed by atoms with Crippen molar-refractivity contribution < 1.29 is 4.79 Å². The number of hydrogen-bond acceptors (Lipinski definition) is 3. The largest absolute Gasteiger partial charge is 0.370 e. The van der Waals surface area contributed by atoms with E-state index < -0.39 is 0 Å². The van der Waals surface area contributed by atoms with E-state index in [1.54, 1.807) is 23.2 Å². The van der Waals surface area contributed by atoms with E-state index in [9.17, 15) is 9.59 Å². The van der Waals surface area contributed by atoms with Crippen LogP contribution >= 0.6 is 0 Å². The third kappa shape index (κ3) is 3.16. The number of hydrogen-bond donors (Lipinski definition) is 2. The fourth-order valence-electron chi connectivity index (χ4n) is 3.66. The fraction of sp³-hybridized carbons (Fsp3) is 0.300. The van der Waals surface area contributed by atoms with Gasteiger partial charge in [-0.25, -0.2) is 9.59 Å². The molecule has 0 bridgehead atoms. The van der Waals surface area contributed by atoms with Crippen molar-refractivity contribution in [2.45, 2.75) is 12.8 Å². The van der Waals surface area contributed by atoms with Gasteiger partial charge in [0.1, 0.15) is 0 Å². The summed E-state index contributed by atoms with van der Waals surface area (Å²) in [6.45, 7) is 1.89. The Morgan fingerprint density at radius 2 is 1.56 bits per heavy atom. The molecule has 0 aliphatic carbocycles. The van der Waals surface area contributed by atoms with Crippen LogP contribution in [0, 0.1) is 0 Å². The molecule has 1 aliphatic heterocycles. The average Bonchev–Trinajstić information content (AvgIpc) is 3.27. The summed E-state index contributed by atoms with van der Waals surface area (Å²) in [7, 11) is 3.52. The standard InChI is InChI=1S/C20H23N5O2/c1-23-17-12-15(22-19(26)21-14-8-4-3-5-9-14)16(25-10-6-7-11-25)13-18(17)24(2)20(23)27/h3-5,8-9,12-13H,6-7,10-11H2,1-2H3,(H2,21,22,26). The molecule has 0 saturated carbocycles. The maximum absolute atomic E-state index is 12.5. The lowest BCUT2D eigenvalue weighted by atomic mass is 10.2. The molecule has 0 spiro atoms. The first-order valence-corrected chi connectivity index (χ1v) is 9.12. The summed E-state index contributed by atoms with van der Waals surface area (Å²) in [5, 5.41) is 5.81. The van der Waals surface area contributed by atoms with E-state index in [4.69, 9.17) is 0 Å². The van der Waals surface area contributed by atoms with Gasteiger partial charge in [0.25, 0.3) is 0 Å². The van der Waals surface area contributed by atoms with Gasteiger partial charge in [-0.2, -0.15) is 0 Å². The third-order valence-electron chi connectivity index (χ3n) is 5.12. The highest BCUT2D eigenvalue weighted by molar-refractivity contribution is 6.04. The van der Waals surface area contributed by atoms with Gasteiger partial charge in [0.15, 0.2) is 0 Å². The minimum Gasteiger partial charge on any atom is -0.370 e. The van der Waals surface area contributed by atoms with Gasteiger partial charge in [-0.3, -0.25) is 9.13 Å².